The van der Waals surface area contributed by atoms with E-state index in [0.29, 0.717) is 13.2 Å². The number of hydrogen-bond acceptors (Lipinski definition) is 4. The van der Waals surface area contributed by atoms with Crippen molar-refractivity contribution in [3.05, 3.63) is 24.3 Å². The third-order valence-electron chi connectivity index (χ3n) is 6.84. The van der Waals surface area contributed by atoms with E-state index in [9.17, 15) is 4.79 Å². The van der Waals surface area contributed by atoms with Crippen LogP contribution in [0.3, 0.4) is 0 Å². The summed E-state index contributed by atoms with van der Waals surface area (Å²) < 4.78 is 5.59. The summed E-state index contributed by atoms with van der Waals surface area (Å²) in [6, 6.07) is 8.14. The smallest absolute Gasteiger partial charge is 0.254 e. The van der Waals surface area contributed by atoms with Crippen LogP contribution in [0.4, 0.5) is 11.4 Å². The zero-order valence-corrected chi connectivity index (χ0v) is 17.7. The van der Waals surface area contributed by atoms with Crippen molar-refractivity contribution in [2.24, 2.45) is 17.8 Å². The minimum atomic E-state index is -0.406. The second-order valence-electron chi connectivity index (χ2n) is 8.92. The summed E-state index contributed by atoms with van der Waals surface area (Å²) in [6.45, 7) is 1.98. The minimum Gasteiger partial charge on any atom is -0.378 e. The van der Waals surface area contributed by atoms with Crippen molar-refractivity contribution in [1.82, 2.24) is 5.32 Å². The second kappa shape index (κ2) is 8.78. The fourth-order valence-corrected chi connectivity index (χ4v) is 6.20. The summed E-state index contributed by atoms with van der Waals surface area (Å²) in [5.74, 6) is 2.64. The van der Waals surface area contributed by atoms with E-state index in [1.165, 1.54) is 38.5 Å². The maximum atomic E-state index is 12.6. The molecule has 6 rings (SSSR count). The Kier molecular flexibility index (Phi) is 6.80. The van der Waals surface area contributed by atoms with Gasteiger partial charge in [0.1, 0.15) is 6.10 Å². The van der Waals surface area contributed by atoms with E-state index >= 15 is 0 Å². The summed E-state index contributed by atoms with van der Waals surface area (Å²) in [6.07, 6.45) is 7.77. The first-order valence-corrected chi connectivity index (χ1v) is 10.2. The molecule has 0 radical (unpaired) electrons. The third-order valence-corrected chi connectivity index (χ3v) is 6.84. The lowest BCUT2D eigenvalue weighted by Crippen LogP contribution is -2.54. The number of morpholine rings is 1. The van der Waals surface area contributed by atoms with Crippen LogP contribution in [0.15, 0.2) is 24.3 Å². The normalized spacial score (nSPS) is 35.4. The van der Waals surface area contributed by atoms with E-state index in [0.717, 1.165) is 35.7 Å². The number of nitrogens with one attached hydrogen (secondary N) is 3. The molecule has 1 heterocycles. The molecule has 4 aliphatic carbocycles. The van der Waals surface area contributed by atoms with Crippen molar-refractivity contribution in [2.45, 2.75) is 50.2 Å². The molecule has 5 aliphatic rings. The van der Waals surface area contributed by atoms with Gasteiger partial charge in [-0.3, -0.25) is 4.79 Å². The number of benzene rings is 1. The zero-order chi connectivity index (χ0) is 17.6. The Balaban J connectivity index is 0.00000112. The molecular weight excluding hydrogens is 397 g/mol. The van der Waals surface area contributed by atoms with Crippen LogP contribution < -0.4 is 16.0 Å². The largest absolute Gasteiger partial charge is 0.378 e. The van der Waals surface area contributed by atoms with Crippen molar-refractivity contribution in [2.75, 3.05) is 30.3 Å². The summed E-state index contributed by atoms with van der Waals surface area (Å²) in [5.41, 5.74) is 2.17. The van der Waals surface area contributed by atoms with Gasteiger partial charge in [0.2, 0.25) is 0 Å². The molecule has 3 N–H and O–H groups in total. The third kappa shape index (κ3) is 4.28. The highest BCUT2D eigenvalue weighted by molar-refractivity contribution is 5.97. The second-order valence-corrected chi connectivity index (χ2v) is 8.92. The Bertz CT molecular complexity index is 659. The number of rotatable bonds is 4. The zero-order valence-electron chi connectivity index (χ0n) is 16.1. The van der Waals surface area contributed by atoms with Crippen LogP contribution in [-0.4, -0.2) is 37.2 Å². The summed E-state index contributed by atoms with van der Waals surface area (Å²) >= 11 is 0. The molecule has 5 fully saturated rings. The molecule has 4 saturated carbocycles. The molecule has 0 spiro atoms. The first-order valence-electron chi connectivity index (χ1n) is 10.2. The van der Waals surface area contributed by atoms with Crippen LogP contribution in [0.5, 0.6) is 0 Å². The Labute approximate surface area is 179 Å². The Morgan fingerprint density at radius 1 is 1.00 bits per heavy atom. The van der Waals surface area contributed by atoms with E-state index < -0.39 is 6.10 Å². The first kappa shape index (κ1) is 21.7. The van der Waals surface area contributed by atoms with Gasteiger partial charge in [-0.1, -0.05) is 12.1 Å². The number of anilines is 2. The molecule has 156 valence electrons. The van der Waals surface area contributed by atoms with E-state index in [4.69, 9.17) is 4.74 Å². The molecule has 1 aromatic rings. The minimum absolute atomic E-state index is 0. The molecular formula is C21H31Cl2N3O2. The molecule has 1 atom stereocenters. The topological polar surface area (TPSA) is 62.4 Å². The SMILES string of the molecule is Cl.Cl.O=C(Nc1ccccc1NC12CC3CC(CC(C3)C1)C2)C1CNCCO1. The highest BCUT2D eigenvalue weighted by Gasteiger charge is 2.51. The first-order chi connectivity index (χ1) is 12.7. The highest BCUT2D eigenvalue weighted by Crippen LogP contribution is 2.56. The van der Waals surface area contributed by atoms with Gasteiger partial charge in [0.25, 0.3) is 5.91 Å². The lowest BCUT2D eigenvalue weighted by molar-refractivity contribution is -0.128. The maximum absolute atomic E-state index is 12.6. The number of hydrogen-bond donors (Lipinski definition) is 3. The summed E-state index contributed by atoms with van der Waals surface area (Å²) in [4.78, 5) is 12.6. The average Bonchev–Trinajstić information content (AvgIpc) is 2.63. The molecule has 7 heteroatoms. The molecule has 1 aliphatic heterocycles. The molecule has 1 amide bonds. The Hall–Kier alpha value is -1.01. The Morgan fingerprint density at radius 3 is 2.18 bits per heavy atom. The van der Waals surface area contributed by atoms with Gasteiger partial charge in [0.15, 0.2) is 0 Å². The van der Waals surface area contributed by atoms with Gasteiger partial charge in [-0.05, 0) is 68.4 Å². The van der Waals surface area contributed by atoms with Crippen molar-refractivity contribution in [3.8, 4) is 0 Å². The molecule has 4 bridgehead atoms. The van der Waals surface area contributed by atoms with E-state index in [1.807, 2.05) is 12.1 Å². The fourth-order valence-electron chi connectivity index (χ4n) is 6.20. The van der Waals surface area contributed by atoms with Crippen molar-refractivity contribution >= 4 is 42.1 Å². The average molecular weight is 428 g/mol. The van der Waals surface area contributed by atoms with Crippen LogP contribution >= 0.6 is 24.8 Å². The van der Waals surface area contributed by atoms with Crippen LogP contribution in [-0.2, 0) is 9.53 Å². The molecule has 28 heavy (non-hydrogen) atoms. The predicted octanol–water partition coefficient (Wildman–Crippen LogP) is 3.84. The lowest BCUT2D eigenvalue weighted by Gasteiger charge is -2.57. The molecule has 5 nitrogen and oxygen atoms in total. The van der Waals surface area contributed by atoms with E-state index in [1.54, 1.807) is 0 Å². The maximum Gasteiger partial charge on any atom is 0.254 e. The van der Waals surface area contributed by atoms with E-state index in [2.05, 4.69) is 28.1 Å². The molecule has 1 aromatic carbocycles. The fraction of sp³-hybridized carbons (Fsp3) is 0.667. The Morgan fingerprint density at radius 2 is 1.61 bits per heavy atom. The number of carbonyl (C=O) groups excluding carboxylic acids is 1. The van der Waals surface area contributed by atoms with E-state index in [-0.39, 0.29) is 36.3 Å². The van der Waals surface area contributed by atoms with Crippen molar-refractivity contribution < 1.29 is 9.53 Å². The lowest BCUT2D eigenvalue weighted by atomic mass is 9.53. The standard InChI is InChI=1S/C21H29N3O2.2ClH/c25-20(19-13-22-5-6-26-19)23-17-3-1-2-4-18(17)24-21-10-14-7-15(11-21)9-16(8-14)12-21;;/h1-4,14-16,19,22,24H,5-13H2,(H,23,25);2*1H. The number of amides is 1. The number of ether oxygens (including phenoxy) is 1. The number of para-hydroxylation sites is 2. The van der Waals surface area contributed by atoms with Crippen LogP contribution in [0.25, 0.3) is 0 Å². The van der Waals surface area contributed by atoms with Gasteiger partial charge >= 0.3 is 0 Å². The molecule has 0 aromatic heterocycles. The quantitative estimate of drug-likeness (QED) is 0.682. The number of carbonyl (C=O) groups is 1. The van der Waals surface area contributed by atoms with Crippen molar-refractivity contribution in [1.29, 1.82) is 0 Å². The van der Waals surface area contributed by atoms with Crippen LogP contribution in [0.2, 0.25) is 0 Å². The van der Waals surface area contributed by atoms with Crippen LogP contribution in [0.1, 0.15) is 38.5 Å². The van der Waals surface area contributed by atoms with Gasteiger partial charge in [-0.15, -0.1) is 24.8 Å². The molecule has 1 unspecified atom stereocenters. The predicted molar refractivity (Wildman–Crippen MR) is 117 cm³/mol. The molecule has 1 saturated heterocycles. The van der Waals surface area contributed by atoms with Gasteiger partial charge < -0.3 is 20.7 Å². The summed E-state index contributed by atoms with van der Waals surface area (Å²) in [5, 5.41) is 10.2. The number of halogens is 2. The van der Waals surface area contributed by atoms with Gasteiger partial charge in [-0.2, -0.15) is 0 Å². The van der Waals surface area contributed by atoms with Crippen LogP contribution in [0, 0.1) is 17.8 Å². The summed E-state index contributed by atoms with van der Waals surface area (Å²) in [7, 11) is 0. The monoisotopic (exact) mass is 427 g/mol. The van der Waals surface area contributed by atoms with Crippen molar-refractivity contribution in [3.63, 3.8) is 0 Å². The highest BCUT2D eigenvalue weighted by atomic mass is 35.5. The van der Waals surface area contributed by atoms with Gasteiger partial charge in [0, 0.05) is 18.6 Å². The van der Waals surface area contributed by atoms with Gasteiger partial charge in [-0.25, -0.2) is 0 Å². The van der Waals surface area contributed by atoms with Gasteiger partial charge in [0.05, 0.1) is 18.0 Å².